The molecule has 1 N–H and O–H groups in total. The van der Waals surface area contributed by atoms with E-state index in [1.165, 1.54) is 0 Å². The van der Waals surface area contributed by atoms with Crippen molar-refractivity contribution in [2.45, 2.75) is 68.9 Å². The monoisotopic (exact) mass is 448 g/mol. The molecule has 2 aromatic carbocycles. The smallest absolute Gasteiger partial charge is 0.254 e. The molecule has 2 fully saturated rings. The summed E-state index contributed by atoms with van der Waals surface area (Å²) in [5.74, 6) is 0.823. The van der Waals surface area contributed by atoms with Crippen LogP contribution < -0.4 is 14.8 Å². The summed E-state index contributed by atoms with van der Waals surface area (Å²) >= 11 is 0. The maximum Gasteiger partial charge on any atom is 0.254 e. The number of hydrogen-bond donors (Lipinski definition) is 1. The third-order valence-electron chi connectivity index (χ3n) is 7.83. The van der Waals surface area contributed by atoms with E-state index < -0.39 is 11.5 Å². The number of carbonyl (C=O) groups excluding carboxylic acids is 2. The largest absolute Gasteiger partial charge is 0.497 e. The summed E-state index contributed by atoms with van der Waals surface area (Å²) in [7, 11) is 3.18. The van der Waals surface area contributed by atoms with Gasteiger partial charge in [-0.3, -0.25) is 9.59 Å². The first-order valence-electron chi connectivity index (χ1n) is 12.0. The Labute approximate surface area is 195 Å². The van der Waals surface area contributed by atoms with Crippen LogP contribution in [0.5, 0.6) is 11.5 Å². The van der Waals surface area contributed by atoms with E-state index in [0.29, 0.717) is 22.7 Å². The highest BCUT2D eigenvalue weighted by atomic mass is 16.5. The fraction of sp³-hybridized carbons (Fsp3) is 0.481. The molecule has 0 radical (unpaired) electrons. The Balaban J connectivity index is 1.59. The van der Waals surface area contributed by atoms with Gasteiger partial charge >= 0.3 is 0 Å². The van der Waals surface area contributed by atoms with E-state index in [1.807, 2.05) is 36.4 Å². The number of fused-ring (bicyclic) bond motifs is 1. The third-order valence-corrected chi connectivity index (χ3v) is 7.83. The molecule has 2 aliphatic carbocycles. The van der Waals surface area contributed by atoms with Crippen LogP contribution in [-0.4, -0.2) is 42.5 Å². The number of carbonyl (C=O) groups is 2. The number of anilines is 1. The minimum atomic E-state index is -0.468. The first-order valence-corrected chi connectivity index (χ1v) is 12.0. The van der Waals surface area contributed by atoms with Crippen LogP contribution in [0.15, 0.2) is 42.5 Å². The van der Waals surface area contributed by atoms with E-state index in [9.17, 15) is 9.59 Å². The summed E-state index contributed by atoms with van der Waals surface area (Å²) in [5.41, 5.74) is 1.66. The number of methoxy groups -OCH3 is 2. The fourth-order valence-corrected chi connectivity index (χ4v) is 6.40. The molecule has 3 aliphatic rings. The summed E-state index contributed by atoms with van der Waals surface area (Å²) in [6.07, 6.45) is 8.14. The molecule has 1 spiro atoms. The van der Waals surface area contributed by atoms with E-state index in [0.717, 1.165) is 56.9 Å². The standard InChI is InChI=1S/C27H32N2O4/c1-32-19-13-14-22(23(17-19)33-2)28-25(30)24-20-11-5-6-12-21(20)26(31)29(18-9-3-4-10-18)27(24)15-7-8-16-27/h5-6,11-14,17-18,24H,3-4,7-10,15-16H2,1-2H3,(H,28,30)/t24-/m0/s1. The lowest BCUT2D eigenvalue weighted by atomic mass is 9.70. The lowest BCUT2D eigenvalue weighted by Gasteiger charge is -2.52. The van der Waals surface area contributed by atoms with Gasteiger partial charge in [-0.2, -0.15) is 0 Å². The molecule has 6 nitrogen and oxygen atoms in total. The molecule has 0 bridgehead atoms. The SMILES string of the molecule is COc1ccc(NC(=O)[C@@H]2c3ccccc3C(=O)N(C3CCCC3)C23CCCC3)c(OC)c1. The Morgan fingerprint density at radius 3 is 2.42 bits per heavy atom. The van der Waals surface area contributed by atoms with Crippen molar-refractivity contribution in [3.8, 4) is 11.5 Å². The van der Waals surface area contributed by atoms with Crippen LogP contribution in [0.4, 0.5) is 5.69 Å². The van der Waals surface area contributed by atoms with Crippen molar-refractivity contribution in [3.63, 3.8) is 0 Å². The van der Waals surface area contributed by atoms with Gasteiger partial charge in [-0.1, -0.05) is 43.9 Å². The molecule has 1 aliphatic heterocycles. The molecule has 0 saturated heterocycles. The molecule has 2 aromatic rings. The zero-order valence-corrected chi connectivity index (χ0v) is 19.4. The quantitative estimate of drug-likeness (QED) is 0.688. The molecule has 6 heteroatoms. The summed E-state index contributed by atoms with van der Waals surface area (Å²) in [5, 5.41) is 3.14. The Morgan fingerprint density at radius 2 is 1.73 bits per heavy atom. The van der Waals surface area contributed by atoms with Crippen molar-refractivity contribution in [1.82, 2.24) is 4.90 Å². The molecule has 2 saturated carbocycles. The normalized spacial score (nSPS) is 21.8. The van der Waals surface area contributed by atoms with Crippen LogP contribution in [0.3, 0.4) is 0 Å². The van der Waals surface area contributed by atoms with Crippen molar-refractivity contribution in [1.29, 1.82) is 0 Å². The second kappa shape index (κ2) is 8.73. The third kappa shape index (κ3) is 3.56. The van der Waals surface area contributed by atoms with Gasteiger partial charge in [0.15, 0.2) is 0 Å². The Morgan fingerprint density at radius 1 is 1.00 bits per heavy atom. The molecular formula is C27H32N2O4. The second-order valence-electron chi connectivity index (χ2n) is 9.50. The number of ether oxygens (including phenoxy) is 2. The predicted octanol–water partition coefficient (Wildman–Crippen LogP) is 5.14. The summed E-state index contributed by atoms with van der Waals surface area (Å²) in [6.45, 7) is 0. The number of benzene rings is 2. The molecule has 0 unspecified atom stereocenters. The van der Waals surface area contributed by atoms with E-state index in [1.54, 1.807) is 20.3 Å². The van der Waals surface area contributed by atoms with Gasteiger partial charge in [0.25, 0.3) is 5.91 Å². The van der Waals surface area contributed by atoms with Crippen molar-refractivity contribution in [2.24, 2.45) is 0 Å². The number of nitrogens with zero attached hydrogens (tertiary/aromatic N) is 1. The van der Waals surface area contributed by atoms with Crippen LogP contribution in [0.25, 0.3) is 0 Å². The Kier molecular flexibility index (Phi) is 5.77. The molecule has 5 rings (SSSR count). The van der Waals surface area contributed by atoms with E-state index >= 15 is 0 Å². The highest BCUT2D eigenvalue weighted by Gasteiger charge is 2.57. The maximum absolute atomic E-state index is 14.0. The van der Waals surface area contributed by atoms with E-state index in [4.69, 9.17) is 9.47 Å². The molecule has 0 aromatic heterocycles. The first kappa shape index (κ1) is 21.8. The maximum atomic E-state index is 14.0. The number of rotatable bonds is 5. The van der Waals surface area contributed by atoms with Crippen molar-refractivity contribution >= 4 is 17.5 Å². The van der Waals surface area contributed by atoms with Gasteiger partial charge in [-0.05, 0) is 49.4 Å². The fourth-order valence-electron chi connectivity index (χ4n) is 6.40. The zero-order chi connectivity index (χ0) is 23.0. The van der Waals surface area contributed by atoms with Gasteiger partial charge < -0.3 is 19.7 Å². The van der Waals surface area contributed by atoms with Gasteiger partial charge in [0.1, 0.15) is 11.5 Å². The number of nitrogens with one attached hydrogen (secondary N) is 1. The molecule has 174 valence electrons. The zero-order valence-electron chi connectivity index (χ0n) is 19.4. The van der Waals surface area contributed by atoms with Crippen molar-refractivity contribution in [3.05, 3.63) is 53.6 Å². The lowest BCUT2D eigenvalue weighted by Crippen LogP contribution is -2.62. The number of hydrogen-bond acceptors (Lipinski definition) is 4. The minimum absolute atomic E-state index is 0.0803. The highest BCUT2D eigenvalue weighted by molar-refractivity contribution is 6.05. The molecule has 1 heterocycles. The number of amides is 2. The van der Waals surface area contributed by atoms with E-state index in [2.05, 4.69) is 10.2 Å². The van der Waals surface area contributed by atoms with E-state index in [-0.39, 0.29) is 17.9 Å². The predicted molar refractivity (Wildman–Crippen MR) is 127 cm³/mol. The van der Waals surface area contributed by atoms with Crippen molar-refractivity contribution < 1.29 is 19.1 Å². The average Bonchev–Trinajstić information content (AvgIpc) is 3.53. The van der Waals surface area contributed by atoms with Crippen molar-refractivity contribution in [2.75, 3.05) is 19.5 Å². The summed E-state index contributed by atoms with van der Waals surface area (Å²) < 4.78 is 10.8. The van der Waals surface area contributed by atoms with Gasteiger partial charge in [0.05, 0.1) is 31.4 Å². The first-order chi connectivity index (χ1) is 16.1. The molecular weight excluding hydrogens is 416 g/mol. The van der Waals surface area contributed by atoms with Gasteiger partial charge in [-0.15, -0.1) is 0 Å². The van der Waals surface area contributed by atoms with Crippen LogP contribution in [0.2, 0.25) is 0 Å². The minimum Gasteiger partial charge on any atom is -0.497 e. The summed E-state index contributed by atoms with van der Waals surface area (Å²) in [6, 6.07) is 13.3. The molecule has 2 amide bonds. The highest BCUT2D eigenvalue weighted by Crippen LogP contribution is 2.53. The summed E-state index contributed by atoms with van der Waals surface area (Å²) in [4.78, 5) is 30.0. The van der Waals surface area contributed by atoms with Crippen LogP contribution >= 0.6 is 0 Å². The van der Waals surface area contributed by atoms with Gasteiger partial charge in [0, 0.05) is 17.7 Å². The Bertz CT molecular complexity index is 1050. The van der Waals surface area contributed by atoms with Crippen LogP contribution in [-0.2, 0) is 4.79 Å². The topological polar surface area (TPSA) is 67.9 Å². The average molecular weight is 449 g/mol. The molecule has 33 heavy (non-hydrogen) atoms. The van der Waals surface area contributed by atoms with Crippen LogP contribution in [0.1, 0.15) is 73.2 Å². The lowest BCUT2D eigenvalue weighted by molar-refractivity contribution is -0.121. The Hall–Kier alpha value is -3.02. The van der Waals surface area contributed by atoms with Gasteiger partial charge in [-0.25, -0.2) is 0 Å². The van der Waals surface area contributed by atoms with Gasteiger partial charge in [0.2, 0.25) is 5.91 Å². The molecule has 1 atom stereocenters. The van der Waals surface area contributed by atoms with Crippen LogP contribution in [0, 0.1) is 0 Å². The second-order valence-corrected chi connectivity index (χ2v) is 9.50.